The fourth-order valence-electron chi connectivity index (χ4n) is 2.35. The van der Waals surface area contributed by atoms with Gasteiger partial charge in [-0.25, -0.2) is 0 Å². The summed E-state index contributed by atoms with van der Waals surface area (Å²) in [5, 5.41) is 8.51. The molecule has 0 rings (SSSR count). The molecule has 22 heavy (non-hydrogen) atoms. The minimum Gasteiger partial charge on any atom is -1.00 e. The summed E-state index contributed by atoms with van der Waals surface area (Å²) < 4.78 is 0. The Morgan fingerprint density at radius 2 is 1.23 bits per heavy atom. The maximum absolute atomic E-state index is 10.3. The second-order valence-corrected chi connectivity index (χ2v) is 5.73. The molecule has 0 aliphatic rings. The van der Waals surface area contributed by atoms with E-state index in [0.717, 1.165) is 12.8 Å². The van der Waals surface area contributed by atoms with Gasteiger partial charge in [0.05, 0.1) is 0 Å². The molecule has 0 aliphatic heterocycles. The summed E-state index contributed by atoms with van der Waals surface area (Å²) >= 11 is 0. The number of hydrogen-bond acceptors (Lipinski definition) is 1. The van der Waals surface area contributed by atoms with Crippen LogP contribution >= 0.6 is 0 Å². The zero-order valence-corrected chi connectivity index (χ0v) is 17.8. The molecule has 0 bridgehead atoms. The zero-order valence-electron chi connectivity index (χ0n) is 16.5. The first-order valence-corrected chi connectivity index (χ1v) is 8.64. The van der Waals surface area contributed by atoms with Crippen molar-refractivity contribution < 1.29 is 29.8 Å². The molecule has 0 aliphatic carbocycles. The normalized spacial score (nSPS) is 10.2. The fraction of sp³-hybridized carbons (Fsp3) is 0.833. The van der Waals surface area contributed by atoms with Crippen molar-refractivity contribution in [2.75, 3.05) is 0 Å². The number of rotatable bonds is 15. The van der Waals surface area contributed by atoms with Gasteiger partial charge in [0.1, 0.15) is 0 Å². The van der Waals surface area contributed by atoms with E-state index in [4.69, 9.17) is 5.11 Å². The molecular formula is C18H36CaFeO2. The van der Waals surface area contributed by atoms with Gasteiger partial charge in [-0.2, -0.15) is 0 Å². The molecule has 0 aromatic carbocycles. The van der Waals surface area contributed by atoms with Crippen molar-refractivity contribution in [2.24, 2.45) is 0 Å². The standard InChI is InChI=1S/C18H34O2.Ca.Fe.2H/c1-2-3-4-5-6-7-8-9-10-11-12-13-14-15-16-17-18(19)20;;;;/h9-10H,2-8,11-17H2,1H3,(H,19,20);;;;/q;+2;;2*-1/b10-9-;;;;. The van der Waals surface area contributed by atoms with Gasteiger partial charge < -0.3 is 7.96 Å². The van der Waals surface area contributed by atoms with Gasteiger partial charge in [-0.3, -0.25) is 4.79 Å². The predicted molar refractivity (Wildman–Crippen MR) is 95.1 cm³/mol. The molecule has 1 N–H and O–H groups in total. The molecule has 0 aromatic rings. The molecule has 0 saturated carbocycles. The Bertz CT molecular complexity index is 255. The Hall–Kier alpha value is 0.989. The summed E-state index contributed by atoms with van der Waals surface area (Å²) in [5.74, 6) is -0.664. The van der Waals surface area contributed by atoms with Crippen LogP contribution in [-0.2, 0) is 21.9 Å². The smallest absolute Gasteiger partial charge is 1.00 e. The summed E-state index contributed by atoms with van der Waals surface area (Å²) in [6, 6.07) is 0. The van der Waals surface area contributed by atoms with E-state index in [9.17, 15) is 4.79 Å². The number of carboxylic acid groups (broad SMARTS) is 1. The van der Waals surface area contributed by atoms with Crippen LogP contribution in [0.15, 0.2) is 12.2 Å². The molecular weight excluding hydrogens is 344 g/mol. The van der Waals surface area contributed by atoms with E-state index in [1.54, 1.807) is 0 Å². The minimum atomic E-state index is -0.664. The van der Waals surface area contributed by atoms with Crippen molar-refractivity contribution in [2.45, 2.75) is 96.8 Å². The molecule has 0 unspecified atom stereocenters. The van der Waals surface area contributed by atoms with E-state index in [0.29, 0.717) is 6.42 Å². The minimum absolute atomic E-state index is 0. The predicted octanol–water partition coefficient (Wildman–Crippen LogP) is 5.95. The largest absolute Gasteiger partial charge is 2.00 e. The summed E-state index contributed by atoms with van der Waals surface area (Å²) in [5.41, 5.74) is 0. The first-order chi connectivity index (χ1) is 9.77. The maximum atomic E-state index is 10.3. The summed E-state index contributed by atoms with van der Waals surface area (Å²) in [4.78, 5) is 10.3. The molecule has 2 nitrogen and oxygen atoms in total. The summed E-state index contributed by atoms with van der Waals surface area (Å²) in [6.45, 7) is 2.26. The number of aliphatic carboxylic acids is 1. The summed E-state index contributed by atoms with van der Waals surface area (Å²) in [7, 11) is 0. The van der Waals surface area contributed by atoms with Crippen molar-refractivity contribution >= 4 is 43.7 Å². The maximum Gasteiger partial charge on any atom is 2.00 e. The van der Waals surface area contributed by atoms with Gasteiger partial charge in [0.2, 0.25) is 0 Å². The number of carbonyl (C=O) groups is 1. The second kappa shape index (κ2) is 24.2. The van der Waals surface area contributed by atoms with Gasteiger partial charge in [-0.1, -0.05) is 70.4 Å². The molecule has 0 heterocycles. The average Bonchev–Trinajstić information content (AvgIpc) is 2.43. The van der Waals surface area contributed by atoms with Crippen LogP contribution in [0.3, 0.4) is 0 Å². The van der Waals surface area contributed by atoms with Gasteiger partial charge in [-0.15, -0.1) is 0 Å². The van der Waals surface area contributed by atoms with E-state index < -0.39 is 5.97 Å². The Morgan fingerprint density at radius 3 is 1.68 bits per heavy atom. The number of carboxylic acids is 1. The Kier molecular flexibility index (Phi) is 30.7. The van der Waals surface area contributed by atoms with Gasteiger partial charge in [0.25, 0.3) is 0 Å². The molecule has 0 radical (unpaired) electrons. The summed E-state index contributed by atoms with van der Waals surface area (Å²) in [6.07, 6.45) is 21.2. The van der Waals surface area contributed by atoms with Crippen LogP contribution in [0.4, 0.5) is 0 Å². The van der Waals surface area contributed by atoms with Crippen LogP contribution in [0.1, 0.15) is 99.7 Å². The Morgan fingerprint density at radius 1 is 0.818 bits per heavy atom. The van der Waals surface area contributed by atoms with Crippen LogP contribution in [0.25, 0.3) is 0 Å². The van der Waals surface area contributed by atoms with Gasteiger partial charge >= 0.3 is 43.7 Å². The van der Waals surface area contributed by atoms with Crippen molar-refractivity contribution in [3.05, 3.63) is 12.2 Å². The van der Waals surface area contributed by atoms with Crippen LogP contribution in [0, 0.1) is 0 Å². The molecule has 0 fully saturated rings. The van der Waals surface area contributed by atoms with Crippen LogP contribution in [0.2, 0.25) is 0 Å². The van der Waals surface area contributed by atoms with E-state index in [-0.39, 0.29) is 57.7 Å². The first kappa shape index (κ1) is 27.8. The third kappa shape index (κ3) is 25.9. The van der Waals surface area contributed by atoms with Crippen molar-refractivity contribution in [3.8, 4) is 0 Å². The van der Waals surface area contributed by atoms with E-state index in [2.05, 4.69) is 19.1 Å². The van der Waals surface area contributed by atoms with Crippen LogP contribution < -0.4 is 0 Å². The Labute approximate surface area is 181 Å². The fourth-order valence-corrected chi connectivity index (χ4v) is 2.35. The van der Waals surface area contributed by atoms with E-state index >= 15 is 0 Å². The topological polar surface area (TPSA) is 37.3 Å². The van der Waals surface area contributed by atoms with Crippen molar-refractivity contribution in [1.82, 2.24) is 0 Å². The Balaban J connectivity index is -0.000000301. The SMILES string of the molecule is CCCCCCCC/C=C\CCCCCCCC(=O)O.[Ca+2].[Fe].[H-].[H-]. The van der Waals surface area contributed by atoms with Crippen molar-refractivity contribution in [1.29, 1.82) is 0 Å². The van der Waals surface area contributed by atoms with Gasteiger partial charge in [0, 0.05) is 23.5 Å². The molecule has 0 saturated heterocycles. The van der Waals surface area contributed by atoms with E-state index in [1.165, 1.54) is 70.6 Å². The zero-order chi connectivity index (χ0) is 14.9. The molecule has 0 amide bonds. The van der Waals surface area contributed by atoms with Gasteiger partial charge in [0.15, 0.2) is 0 Å². The molecule has 0 atom stereocenters. The number of allylic oxidation sites excluding steroid dienone is 2. The van der Waals surface area contributed by atoms with Crippen LogP contribution in [-0.4, -0.2) is 48.8 Å². The molecule has 130 valence electrons. The van der Waals surface area contributed by atoms with Gasteiger partial charge in [-0.05, 0) is 32.1 Å². The second-order valence-electron chi connectivity index (χ2n) is 5.73. The third-order valence-corrected chi connectivity index (χ3v) is 3.65. The third-order valence-electron chi connectivity index (χ3n) is 3.65. The quantitative estimate of drug-likeness (QED) is 0.217. The monoisotopic (exact) mass is 380 g/mol. The molecule has 4 heteroatoms. The number of hydrogen-bond donors (Lipinski definition) is 1. The van der Waals surface area contributed by atoms with Crippen molar-refractivity contribution in [3.63, 3.8) is 0 Å². The van der Waals surface area contributed by atoms with E-state index in [1.807, 2.05) is 0 Å². The van der Waals surface area contributed by atoms with Crippen LogP contribution in [0.5, 0.6) is 0 Å². The average molecular weight is 380 g/mol. The molecule has 0 aromatic heterocycles. The molecule has 0 spiro atoms. The first-order valence-electron chi connectivity index (χ1n) is 8.64. The number of unbranched alkanes of at least 4 members (excludes halogenated alkanes) is 11.